The molecule has 0 saturated carbocycles. The predicted molar refractivity (Wildman–Crippen MR) is 97.9 cm³/mol. The number of allylic oxidation sites excluding steroid dienone is 4. The molecule has 0 aromatic carbocycles. The number of amidine groups is 2. The molecule has 2 aliphatic heterocycles. The monoisotopic (exact) mass is 354 g/mol. The molecule has 0 spiro atoms. The molecule has 0 amide bonds. The Morgan fingerprint density at radius 2 is 1.08 bits per heavy atom. The fourth-order valence-corrected chi connectivity index (χ4v) is 3.04. The average molecular weight is 354 g/mol. The lowest BCUT2D eigenvalue weighted by atomic mass is 10.0. The first-order valence-corrected chi connectivity index (χ1v) is 8.29. The van der Waals surface area contributed by atoms with E-state index >= 15 is 0 Å². The van der Waals surface area contributed by atoms with Crippen LogP contribution in [0.2, 0.25) is 0 Å². The fraction of sp³-hybridized carbons (Fsp3) is 0.333. The summed E-state index contributed by atoms with van der Waals surface area (Å²) in [7, 11) is 0. The van der Waals surface area contributed by atoms with Crippen molar-refractivity contribution in [2.24, 2.45) is 20.0 Å². The summed E-state index contributed by atoms with van der Waals surface area (Å²) in [6.07, 6.45) is 7.89. The van der Waals surface area contributed by atoms with Gasteiger partial charge in [-0.05, 0) is 12.2 Å². The van der Waals surface area contributed by atoms with E-state index < -0.39 is 24.4 Å². The van der Waals surface area contributed by atoms with Crippen LogP contribution in [0.3, 0.4) is 0 Å². The summed E-state index contributed by atoms with van der Waals surface area (Å²) >= 11 is 0. The minimum atomic E-state index is -1.70. The number of hydrogen-bond acceptors (Lipinski definition) is 8. The van der Waals surface area contributed by atoms with E-state index in [9.17, 15) is 20.4 Å². The highest BCUT2D eigenvalue weighted by atomic mass is 16.4. The zero-order valence-corrected chi connectivity index (χ0v) is 13.7. The van der Waals surface area contributed by atoms with Gasteiger partial charge in [0.25, 0.3) is 0 Å². The smallest absolute Gasteiger partial charge is 0.156 e. The van der Waals surface area contributed by atoms with Crippen LogP contribution in [0.25, 0.3) is 0 Å². The standard InChI is InChI=1S/C18H18N4O4/c23-13(15(25)17-19-9-5-1-2-6-10(9)20-17)14(24)16(26)18-21-11-7-3-4-8-12(11)22-18/h1-9,11,13-16,23-26H. The Kier molecular flexibility index (Phi) is 4.33. The topological polar surface area (TPSA) is 130 Å². The number of rotatable bonds is 5. The molecule has 6 atom stereocenters. The van der Waals surface area contributed by atoms with Crippen molar-refractivity contribution in [2.75, 3.05) is 0 Å². The highest BCUT2D eigenvalue weighted by Crippen LogP contribution is 2.20. The second-order valence-corrected chi connectivity index (χ2v) is 6.30. The van der Waals surface area contributed by atoms with Gasteiger partial charge in [-0.1, -0.05) is 36.5 Å². The Balaban J connectivity index is 1.47. The highest BCUT2D eigenvalue weighted by Gasteiger charge is 2.38. The molecule has 0 radical (unpaired) electrons. The average Bonchev–Trinajstić information content (AvgIpc) is 3.29. The van der Waals surface area contributed by atoms with Gasteiger partial charge in [-0.2, -0.15) is 0 Å². The van der Waals surface area contributed by atoms with Crippen molar-refractivity contribution in [2.45, 2.75) is 36.5 Å². The maximum atomic E-state index is 10.3. The summed E-state index contributed by atoms with van der Waals surface area (Å²) in [6, 6.07) is -0.600. The van der Waals surface area contributed by atoms with Gasteiger partial charge >= 0.3 is 0 Å². The molecule has 6 unspecified atom stereocenters. The Bertz CT molecular complexity index is 779. The van der Waals surface area contributed by atoms with Crippen LogP contribution in [0.4, 0.5) is 0 Å². The third kappa shape index (κ3) is 2.93. The van der Waals surface area contributed by atoms with Crippen LogP contribution >= 0.6 is 0 Å². The van der Waals surface area contributed by atoms with Gasteiger partial charge in [0.05, 0.1) is 11.4 Å². The van der Waals surface area contributed by atoms with Gasteiger partial charge in [0.15, 0.2) is 11.7 Å². The van der Waals surface area contributed by atoms with E-state index in [2.05, 4.69) is 20.0 Å². The largest absolute Gasteiger partial charge is 0.387 e. The van der Waals surface area contributed by atoms with Gasteiger partial charge < -0.3 is 20.4 Å². The lowest BCUT2D eigenvalue weighted by Gasteiger charge is -2.25. The maximum absolute atomic E-state index is 10.3. The zero-order valence-electron chi connectivity index (χ0n) is 13.7. The number of aliphatic imine (C=N–C) groups is 4. The Morgan fingerprint density at radius 3 is 1.46 bits per heavy atom. The van der Waals surface area contributed by atoms with Gasteiger partial charge in [-0.25, -0.2) is 9.98 Å². The first kappa shape index (κ1) is 16.9. The lowest BCUT2D eigenvalue weighted by molar-refractivity contribution is -0.0705. The molecule has 2 aliphatic carbocycles. The molecule has 4 N–H and O–H groups in total. The molecule has 0 saturated heterocycles. The molecule has 2 heterocycles. The summed E-state index contributed by atoms with van der Waals surface area (Å²) in [6.45, 7) is 0. The number of fused-ring (bicyclic) bond motifs is 2. The van der Waals surface area contributed by atoms with Crippen LogP contribution in [0.15, 0.2) is 68.6 Å². The van der Waals surface area contributed by atoms with Gasteiger partial charge in [0.1, 0.15) is 36.5 Å². The number of aliphatic hydroxyl groups excluding tert-OH is 4. The van der Waals surface area contributed by atoms with E-state index in [0.29, 0.717) is 11.4 Å². The first-order chi connectivity index (χ1) is 12.5. The van der Waals surface area contributed by atoms with Crippen molar-refractivity contribution >= 4 is 23.1 Å². The minimum absolute atomic E-state index is 0.0131. The molecule has 4 aliphatic rings. The zero-order chi connectivity index (χ0) is 18.3. The van der Waals surface area contributed by atoms with Crippen molar-refractivity contribution in [3.05, 3.63) is 48.6 Å². The third-order valence-electron chi connectivity index (χ3n) is 4.51. The van der Waals surface area contributed by atoms with Crippen LogP contribution in [-0.2, 0) is 0 Å². The second-order valence-electron chi connectivity index (χ2n) is 6.30. The van der Waals surface area contributed by atoms with Gasteiger partial charge in [0.2, 0.25) is 0 Å². The number of aliphatic hydroxyl groups is 4. The van der Waals surface area contributed by atoms with Crippen LogP contribution in [0.5, 0.6) is 0 Å². The van der Waals surface area contributed by atoms with Crippen molar-refractivity contribution in [1.82, 2.24) is 0 Å². The fourth-order valence-electron chi connectivity index (χ4n) is 3.04. The molecule has 0 aromatic rings. The second kappa shape index (κ2) is 6.65. The number of nitrogens with zero attached hydrogens (tertiary/aromatic N) is 4. The quantitative estimate of drug-likeness (QED) is 0.511. The normalized spacial score (nSPS) is 30.0. The Morgan fingerprint density at radius 1 is 0.654 bits per heavy atom. The van der Waals surface area contributed by atoms with Crippen molar-refractivity contribution in [1.29, 1.82) is 0 Å². The van der Waals surface area contributed by atoms with Crippen LogP contribution in [-0.4, -0.2) is 80.0 Å². The lowest BCUT2D eigenvalue weighted by Crippen LogP contribution is -2.49. The molecule has 0 fully saturated rings. The summed E-state index contributed by atoms with van der Waals surface area (Å²) in [5, 5.41) is 41.2. The van der Waals surface area contributed by atoms with E-state index in [0.717, 1.165) is 0 Å². The van der Waals surface area contributed by atoms with E-state index in [1.165, 1.54) is 0 Å². The summed E-state index contributed by atoms with van der Waals surface area (Å²) in [5.74, 6) is 0.0262. The minimum Gasteiger partial charge on any atom is -0.387 e. The molecule has 4 rings (SSSR count). The van der Waals surface area contributed by atoms with Crippen LogP contribution in [0.1, 0.15) is 0 Å². The van der Waals surface area contributed by atoms with E-state index in [-0.39, 0.29) is 23.8 Å². The molecule has 0 aromatic heterocycles. The van der Waals surface area contributed by atoms with Crippen LogP contribution < -0.4 is 0 Å². The summed E-state index contributed by atoms with van der Waals surface area (Å²) in [4.78, 5) is 16.8. The van der Waals surface area contributed by atoms with E-state index in [1.807, 2.05) is 24.3 Å². The predicted octanol–water partition coefficient (Wildman–Crippen LogP) is -0.875. The van der Waals surface area contributed by atoms with Crippen molar-refractivity contribution in [3.8, 4) is 0 Å². The summed E-state index contributed by atoms with van der Waals surface area (Å²) < 4.78 is 0. The van der Waals surface area contributed by atoms with Gasteiger partial charge in [-0.3, -0.25) is 9.98 Å². The molecule has 26 heavy (non-hydrogen) atoms. The molecule has 8 nitrogen and oxygen atoms in total. The third-order valence-corrected chi connectivity index (χ3v) is 4.51. The van der Waals surface area contributed by atoms with Crippen LogP contribution in [0, 0.1) is 0 Å². The van der Waals surface area contributed by atoms with Crippen molar-refractivity contribution in [3.63, 3.8) is 0 Å². The van der Waals surface area contributed by atoms with Gasteiger partial charge in [-0.15, -0.1) is 0 Å². The maximum Gasteiger partial charge on any atom is 0.156 e. The van der Waals surface area contributed by atoms with E-state index in [4.69, 9.17) is 0 Å². The molecular formula is C18H18N4O4. The highest BCUT2D eigenvalue weighted by molar-refractivity contribution is 6.15. The SMILES string of the molecule is OC(C1=NC2C=CC=CC2=N1)C(O)C(O)C(O)C1=NC2C=CC=CC2=N1. The van der Waals surface area contributed by atoms with E-state index in [1.54, 1.807) is 24.3 Å². The number of hydrogen-bond donors (Lipinski definition) is 4. The summed E-state index contributed by atoms with van der Waals surface area (Å²) in [5.41, 5.74) is 1.30. The Labute approximate surface area is 149 Å². The first-order valence-electron chi connectivity index (χ1n) is 8.29. The van der Waals surface area contributed by atoms with Crippen molar-refractivity contribution < 1.29 is 20.4 Å². The molecular weight excluding hydrogens is 336 g/mol. The van der Waals surface area contributed by atoms with Gasteiger partial charge in [0, 0.05) is 0 Å². The Hall–Kier alpha value is -2.52. The molecule has 8 heteroatoms. The molecule has 134 valence electrons. The molecule has 0 bridgehead atoms.